The molecule has 0 unspecified atom stereocenters. The Balaban J connectivity index is 2.07. The van der Waals surface area contributed by atoms with Crippen LogP contribution in [0.5, 0.6) is 5.75 Å². The van der Waals surface area contributed by atoms with Crippen LogP contribution in [0.4, 0.5) is 5.95 Å². The lowest BCUT2D eigenvalue weighted by molar-refractivity contribution is 0.102. The second-order valence-corrected chi connectivity index (χ2v) is 4.01. The normalized spacial score (nSPS) is 10.7. The van der Waals surface area contributed by atoms with Crippen LogP contribution in [-0.4, -0.2) is 43.0 Å². The zero-order chi connectivity index (χ0) is 14.1. The highest BCUT2D eigenvalue weighted by atomic mass is 16.5. The van der Waals surface area contributed by atoms with Gasteiger partial charge in [-0.3, -0.25) is 14.5 Å². The lowest BCUT2D eigenvalue weighted by Gasteiger charge is -2.04. The summed E-state index contributed by atoms with van der Waals surface area (Å²) in [7, 11) is 1.55. The van der Waals surface area contributed by atoms with Crippen molar-refractivity contribution in [2.24, 2.45) is 0 Å². The Morgan fingerprint density at radius 1 is 1.50 bits per heavy atom. The quantitative estimate of drug-likeness (QED) is 0.715. The van der Waals surface area contributed by atoms with E-state index in [1.807, 2.05) is 0 Å². The van der Waals surface area contributed by atoms with Crippen molar-refractivity contribution in [3.05, 3.63) is 29.7 Å². The van der Waals surface area contributed by atoms with Gasteiger partial charge in [-0.1, -0.05) is 5.10 Å². The first-order valence-electron chi connectivity index (χ1n) is 5.77. The van der Waals surface area contributed by atoms with Crippen LogP contribution in [0, 0.1) is 6.92 Å². The van der Waals surface area contributed by atoms with E-state index in [2.05, 4.69) is 30.9 Å². The van der Waals surface area contributed by atoms with Crippen molar-refractivity contribution in [2.45, 2.75) is 6.92 Å². The molecule has 0 spiro atoms. The van der Waals surface area contributed by atoms with Crippen LogP contribution in [0.3, 0.4) is 0 Å². The SMILES string of the molecule is COc1cccn2c(C(=O)Nc3nn[nH]n3)c(C)nc12. The zero-order valence-corrected chi connectivity index (χ0v) is 10.8. The second-order valence-electron chi connectivity index (χ2n) is 4.01. The molecule has 0 aromatic carbocycles. The third-order valence-electron chi connectivity index (χ3n) is 2.79. The molecule has 3 aromatic heterocycles. The van der Waals surface area contributed by atoms with Crippen LogP contribution >= 0.6 is 0 Å². The first kappa shape index (κ1) is 12.1. The van der Waals surface area contributed by atoms with Gasteiger partial charge in [0.25, 0.3) is 11.9 Å². The number of nitrogens with zero attached hydrogens (tertiary/aromatic N) is 5. The summed E-state index contributed by atoms with van der Waals surface area (Å²) in [5.74, 6) is 0.325. The van der Waals surface area contributed by atoms with E-state index in [1.54, 1.807) is 36.8 Å². The number of imidazole rings is 1. The number of aromatic nitrogens is 6. The van der Waals surface area contributed by atoms with Crippen LogP contribution in [-0.2, 0) is 0 Å². The number of aryl methyl sites for hydroxylation is 1. The number of fused-ring (bicyclic) bond motifs is 1. The molecule has 0 radical (unpaired) electrons. The van der Waals surface area contributed by atoms with Gasteiger partial charge >= 0.3 is 0 Å². The van der Waals surface area contributed by atoms with Gasteiger partial charge in [0.05, 0.1) is 12.8 Å². The molecule has 0 fully saturated rings. The highest BCUT2D eigenvalue weighted by molar-refractivity contribution is 6.03. The van der Waals surface area contributed by atoms with E-state index in [4.69, 9.17) is 4.74 Å². The van der Waals surface area contributed by atoms with E-state index in [0.717, 1.165) is 0 Å². The third-order valence-corrected chi connectivity index (χ3v) is 2.79. The van der Waals surface area contributed by atoms with Crippen molar-refractivity contribution in [3.8, 4) is 5.75 Å². The number of ether oxygens (including phenoxy) is 1. The molecule has 1 amide bonds. The molecular weight excluding hydrogens is 262 g/mol. The van der Waals surface area contributed by atoms with Gasteiger partial charge in [-0.05, 0) is 24.3 Å². The molecule has 9 heteroatoms. The summed E-state index contributed by atoms with van der Waals surface area (Å²) in [6, 6.07) is 3.56. The van der Waals surface area contributed by atoms with Crippen molar-refractivity contribution in [1.82, 2.24) is 30.0 Å². The number of rotatable bonds is 3. The van der Waals surface area contributed by atoms with Crippen LogP contribution < -0.4 is 10.1 Å². The summed E-state index contributed by atoms with van der Waals surface area (Å²) in [6.07, 6.45) is 1.74. The lowest BCUT2D eigenvalue weighted by Crippen LogP contribution is -2.16. The summed E-state index contributed by atoms with van der Waals surface area (Å²) >= 11 is 0. The van der Waals surface area contributed by atoms with Gasteiger partial charge in [0.15, 0.2) is 11.4 Å². The van der Waals surface area contributed by atoms with Crippen molar-refractivity contribution in [2.75, 3.05) is 12.4 Å². The van der Waals surface area contributed by atoms with Crippen molar-refractivity contribution in [1.29, 1.82) is 0 Å². The average molecular weight is 273 g/mol. The highest BCUT2D eigenvalue weighted by Gasteiger charge is 2.19. The van der Waals surface area contributed by atoms with E-state index >= 15 is 0 Å². The number of nitrogens with one attached hydrogen (secondary N) is 2. The van der Waals surface area contributed by atoms with Gasteiger partial charge in [0.1, 0.15) is 5.69 Å². The maximum Gasteiger partial charge on any atom is 0.277 e. The van der Waals surface area contributed by atoms with E-state index in [0.29, 0.717) is 22.8 Å². The van der Waals surface area contributed by atoms with Crippen LogP contribution in [0.1, 0.15) is 16.2 Å². The molecule has 0 bridgehead atoms. The van der Waals surface area contributed by atoms with Crippen molar-refractivity contribution >= 4 is 17.5 Å². The van der Waals surface area contributed by atoms with Crippen LogP contribution in [0.15, 0.2) is 18.3 Å². The van der Waals surface area contributed by atoms with Crippen LogP contribution in [0.2, 0.25) is 0 Å². The van der Waals surface area contributed by atoms with E-state index in [9.17, 15) is 4.79 Å². The molecule has 102 valence electrons. The number of carbonyl (C=O) groups excluding carboxylic acids is 1. The fourth-order valence-corrected chi connectivity index (χ4v) is 1.96. The topological polar surface area (TPSA) is 110 Å². The predicted molar refractivity (Wildman–Crippen MR) is 68.6 cm³/mol. The molecule has 0 aliphatic heterocycles. The predicted octanol–water partition coefficient (Wildman–Crippen LogP) is 0.417. The minimum atomic E-state index is -0.371. The molecule has 0 aliphatic rings. The molecule has 0 saturated carbocycles. The second kappa shape index (κ2) is 4.61. The summed E-state index contributed by atoms with van der Waals surface area (Å²) < 4.78 is 6.88. The lowest BCUT2D eigenvalue weighted by atomic mass is 10.3. The molecule has 0 aliphatic carbocycles. The van der Waals surface area contributed by atoms with Gasteiger partial charge in [-0.25, -0.2) is 4.98 Å². The number of H-pyrrole nitrogens is 1. The molecule has 0 atom stereocenters. The number of aromatic amines is 1. The number of amides is 1. The van der Waals surface area contributed by atoms with Crippen LogP contribution in [0.25, 0.3) is 5.65 Å². The van der Waals surface area contributed by atoms with Gasteiger partial charge in [0, 0.05) is 6.20 Å². The number of carbonyl (C=O) groups is 1. The first-order valence-corrected chi connectivity index (χ1v) is 5.77. The Kier molecular flexibility index (Phi) is 2.78. The molecule has 3 rings (SSSR count). The smallest absolute Gasteiger partial charge is 0.277 e. The number of methoxy groups -OCH3 is 1. The number of hydrogen-bond acceptors (Lipinski definition) is 6. The van der Waals surface area contributed by atoms with Gasteiger partial charge in [-0.15, -0.1) is 5.10 Å². The summed E-state index contributed by atoms with van der Waals surface area (Å²) in [5, 5.41) is 15.5. The van der Waals surface area contributed by atoms with E-state index in [-0.39, 0.29) is 11.9 Å². The molecule has 3 heterocycles. The first-order chi connectivity index (χ1) is 9.70. The van der Waals surface area contributed by atoms with E-state index in [1.165, 1.54) is 0 Å². The third kappa shape index (κ3) is 1.85. The Hall–Kier alpha value is -2.97. The largest absolute Gasteiger partial charge is 0.493 e. The Bertz CT molecular complexity index is 763. The average Bonchev–Trinajstić information content (AvgIpc) is 3.04. The Morgan fingerprint density at radius 3 is 3.05 bits per heavy atom. The van der Waals surface area contributed by atoms with Crippen molar-refractivity contribution in [3.63, 3.8) is 0 Å². The monoisotopic (exact) mass is 273 g/mol. The fraction of sp³-hybridized carbons (Fsp3) is 0.182. The number of anilines is 1. The Morgan fingerprint density at radius 2 is 2.35 bits per heavy atom. The fourth-order valence-electron chi connectivity index (χ4n) is 1.96. The summed E-state index contributed by atoms with van der Waals surface area (Å²) in [6.45, 7) is 1.75. The summed E-state index contributed by atoms with van der Waals surface area (Å²) in [5.41, 5.74) is 1.55. The Labute approximate surface area is 113 Å². The molecule has 20 heavy (non-hydrogen) atoms. The number of pyridine rings is 1. The summed E-state index contributed by atoms with van der Waals surface area (Å²) in [4.78, 5) is 16.6. The molecule has 3 aromatic rings. The molecule has 0 saturated heterocycles. The number of hydrogen-bond donors (Lipinski definition) is 2. The maximum absolute atomic E-state index is 12.3. The maximum atomic E-state index is 12.3. The zero-order valence-electron chi connectivity index (χ0n) is 10.8. The van der Waals surface area contributed by atoms with E-state index < -0.39 is 0 Å². The minimum Gasteiger partial charge on any atom is -0.493 e. The highest BCUT2D eigenvalue weighted by Crippen LogP contribution is 2.21. The standard InChI is InChI=1S/C11H11N7O2/c1-6-8(10(19)13-11-14-16-17-15-11)18-5-3-4-7(20-2)9(18)12-6/h3-5H,1-2H3,(H2,13,14,15,16,17,19). The molecule has 2 N–H and O–H groups in total. The van der Waals surface area contributed by atoms with Gasteiger partial charge in [-0.2, -0.15) is 5.21 Å². The minimum absolute atomic E-state index is 0.104. The van der Waals surface area contributed by atoms with Gasteiger partial charge in [0.2, 0.25) is 0 Å². The number of tetrazole rings is 1. The van der Waals surface area contributed by atoms with Crippen molar-refractivity contribution < 1.29 is 9.53 Å². The molecule has 9 nitrogen and oxygen atoms in total. The van der Waals surface area contributed by atoms with Gasteiger partial charge < -0.3 is 4.74 Å². The molecular formula is C11H11N7O2.